The molecule has 1 aromatic carbocycles. The summed E-state index contributed by atoms with van der Waals surface area (Å²) in [6.07, 6.45) is 1.70. The molecule has 0 aliphatic carbocycles. The molecule has 0 saturated carbocycles. The van der Waals surface area contributed by atoms with Gasteiger partial charge in [0.2, 0.25) is 11.8 Å². The molecule has 3 amide bonds. The number of nitrogens with zero attached hydrogens (tertiary/aromatic N) is 2. The zero-order valence-corrected chi connectivity index (χ0v) is 15.7. The molecule has 146 valence electrons. The molecule has 8 nitrogen and oxygen atoms in total. The van der Waals surface area contributed by atoms with E-state index in [0.717, 1.165) is 17.0 Å². The van der Waals surface area contributed by atoms with Crippen LogP contribution in [-0.2, 0) is 17.8 Å². The molecule has 1 atom stereocenters. The van der Waals surface area contributed by atoms with Gasteiger partial charge < -0.3 is 26.1 Å². The van der Waals surface area contributed by atoms with E-state index >= 15 is 0 Å². The highest BCUT2D eigenvalue weighted by molar-refractivity contribution is 5.85. The lowest BCUT2D eigenvalue weighted by molar-refractivity contribution is -0.133. The number of nitrogens with one attached hydrogen (secondary N) is 1. The van der Waals surface area contributed by atoms with Gasteiger partial charge >= 0.3 is 6.03 Å². The molecular weight excluding hydrogens is 370 g/mol. The number of benzene rings is 1. The number of carbonyl (C=O) groups excluding carboxylic acids is 2. The first-order valence-corrected chi connectivity index (χ1v) is 8.66. The van der Waals surface area contributed by atoms with E-state index in [4.69, 9.17) is 15.9 Å². The van der Waals surface area contributed by atoms with E-state index in [2.05, 4.69) is 10.3 Å². The van der Waals surface area contributed by atoms with Crippen molar-refractivity contribution in [2.75, 3.05) is 13.1 Å². The van der Waals surface area contributed by atoms with Crippen LogP contribution in [0, 0.1) is 0 Å². The topological polar surface area (TPSA) is 127 Å². The van der Waals surface area contributed by atoms with E-state index < -0.39 is 12.1 Å². The molecule has 1 aliphatic heterocycles. The van der Waals surface area contributed by atoms with Crippen LogP contribution >= 0.6 is 12.4 Å². The number of urea groups is 1. The van der Waals surface area contributed by atoms with Crippen molar-refractivity contribution in [2.24, 2.45) is 11.5 Å². The summed E-state index contributed by atoms with van der Waals surface area (Å²) >= 11 is 0. The van der Waals surface area contributed by atoms with Crippen molar-refractivity contribution in [1.82, 2.24) is 15.2 Å². The maximum absolute atomic E-state index is 12.5. The predicted octanol–water partition coefficient (Wildman–Crippen LogP) is 1.42. The summed E-state index contributed by atoms with van der Waals surface area (Å²) in [7, 11) is 0. The van der Waals surface area contributed by atoms with Gasteiger partial charge in [-0.1, -0.05) is 18.2 Å². The molecule has 0 fully saturated rings. The second-order valence-electron chi connectivity index (χ2n) is 6.30. The molecular formula is C18H24ClN5O3. The zero-order chi connectivity index (χ0) is 18.5. The Bertz CT molecular complexity index is 781. The van der Waals surface area contributed by atoms with Crippen LogP contribution in [0.1, 0.15) is 24.3 Å². The molecule has 0 saturated heterocycles. The fourth-order valence-electron chi connectivity index (χ4n) is 2.98. The Labute approximate surface area is 163 Å². The van der Waals surface area contributed by atoms with Gasteiger partial charge in [0, 0.05) is 25.1 Å². The molecule has 1 aliphatic rings. The Hall–Kier alpha value is -2.58. The lowest BCUT2D eigenvalue weighted by Gasteiger charge is -2.27. The highest BCUT2D eigenvalue weighted by Crippen LogP contribution is 2.26. The van der Waals surface area contributed by atoms with E-state index in [1.54, 1.807) is 4.90 Å². The number of aromatic nitrogens is 1. The molecule has 0 unspecified atom stereocenters. The molecule has 5 N–H and O–H groups in total. The Kier molecular flexibility index (Phi) is 7.20. The molecule has 27 heavy (non-hydrogen) atoms. The number of fused-ring (bicyclic) bond motifs is 1. The number of amides is 3. The molecule has 2 aromatic rings. The number of oxazole rings is 1. The highest BCUT2D eigenvalue weighted by Gasteiger charge is 2.28. The van der Waals surface area contributed by atoms with Gasteiger partial charge in [-0.3, -0.25) is 4.79 Å². The van der Waals surface area contributed by atoms with E-state index in [1.165, 1.54) is 0 Å². The Morgan fingerprint density at radius 3 is 2.74 bits per heavy atom. The second kappa shape index (κ2) is 9.38. The Morgan fingerprint density at radius 2 is 2.04 bits per heavy atom. The number of nitrogens with two attached hydrogens (primary N) is 2. The third-order valence-corrected chi connectivity index (χ3v) is 4.37. The number of rotatable bonds is 6. The first-order chi connectivity index (χ1) is 12.5. The highest BCUT2D eigenvalue weighted by atomic mass is 35.5. The largest absolute Gasteiger partial charge is 0.441 e. The van der Waals surface area contributed by atoms with E-state index in [9.17, 15) is 9.59 Å². The number of halogens is 1. The summed E-state index contributed by atoms with van der Waals surface area (Å²) in [6, 6.07) is 8.50. The minimum Gasteiger partial charge on any atom is -0.441 e. The third kappa shape index (κ3) is 5.21. The number of primary amides is 1. The van der Waals surface area contributed by atoms with Crippen LogP contribution in [0.5, 0.6) is 0 Å². The quantitative estimate of drug-likeness (QED) is 0.639. The number of hydrogen-bond donors (Lipinski definition) is 3. The van der Waals surface area contributed by atoms with Crippen LogP contribution in [0.4, 0.5) is 4.79 Å². The Balaban J connectivity index is 0.00000261. The normalized spacial score (nSPS) is 14.0. The fourth-order valence-corrected chi connectivity index (χ4v) is 2.98. The van der Waals surface area contributed by atoms with Crippen molar-refractivity contribution in [3.8, 4) is 11.5 Å². The van der Waals surface area contributed by atoms with Gasteiger partial charge in [0.15, 0.2) is 0 Å². The van der Waals surface area contributed by atoms with Gasteiger partial charge in [0.25, 0.3) is 0 Å². The van der Waals surface area contributed by atoms with Crippen LogP contribution in [-0.4, -0.2) is 41.0 Å². The van der Waals surface area contributed by atoms with Crippen LogP contribution in [0.15, 0.2) is 34.7 Å². The summed E-state index contributed by atoms with van der Waals surface area (Å²) in [5.74, 6) is 1.29. The summed E-state index contributed by atoms with van der Waals surface area (Å²) in [4.78, 5) is 29.4. The van der Waals surface area contributed by atoms with Gasteiger partial charge in [-0.25, -0.2) is 9.78 Å². The monoisotopic (exact) mass is 393 g/mol. The van der Waals surface area contributed by atoms with Gasteiger partial charge in [-0.05, 0) is 25.0 Å². The molecule has 0 spiro atoms. The Morgan fingerprint density at radius 1 is 1.30 bits per heavy atom. The van der Waals surface area contributed by atoms with E-state index in [0.29, 0.717) is 44.8 Å². The van der Waals surface area contributed by atoms with Crippen LogP contribution < -0.4 is 16.8 Å². The molecule has 2 heterocycles. The van der Waals surface area contributed by atoms with Crippen molar-refractivity contribution in [3.63, 3.8) is 0 Å². The first kappa shape index (κ1) is 20.7. The molecule has 0 bridgehead atoms. The fraction of sp³-hybridized carbons (Fsp3) is 0.389. The number of carbonyl (C=O) groups is 2. The summed E-state index contributed by atoms with van der Waals surface area (Å²) in [6.45, 7) is 1.37. The minimum absolute atomic E-state index is 0. The van der Waals surface area contributed by atoms with Crippen LogP contribution in [0.25, 0.3) is 11.5 Å². The lowest BCUT2D eigenvalue weighted by Crippen LogP contribution is -2.46. The SMILES string of the molecule is Cl.NC(=O)NCCC[C@H](N)C(=O)N1CCc2oc(-c3ccccc3)nc2C1. The maximum atomic E-state index is 12.5. The van der Waals surface area contributed by atoms with Crippen molar-refractivity contribution < 1.29 is 14.0 Å². The molecule has 0 radical (unpaired) electrons. The third-order valence-electron chi connectivity index (χ3n) is 4.37. The van der Waals surface area contributed by atoms with Crippen molar-refractivity contribution in [2.45, 2.75) is 31.8 Å². The van der Waals surface area contributed by atoms with Gasteiger partial charge in [-0.15, -0.1) is 12.4 Å². The van der Waals surface area contributed by atoms with Crippen molar-refractivity contribution in [1.29, 1.82) is 0 Å². The average Bonchev–Trinajstić information content (AvgIpc) is 3.08. The van der Waals surface area contributed by atoms with Crippen LogP contribution in [0.2, 0.25) is 0 Å². The van der Waals surface area contributed by atoms with E-state index in [1.807, 2.05) is 30.3 Å². The van der Waals surface area contributed by atoms with Crippen molar-refractivity contribution in [3.05, 3.63) is 41.8 Å². The van der Waals surface area contributed by atoms with E-state index in [-0.39, 0.29) is 18.3 Å². The standard InChI is InChI=1S/C18H23N5O3.ClH/c19-13(7-4-9-21-18(20)25)17(24)23-10-8-15-14(11-23)22-16(26-15)12-5-2-1-3-6-12;/h1-3,5-6,13H,4,7-11,19H2,(H3,20,21,25);1H/t13-;/m0./s1. The number of hydrogen-bond acceptors (Lipinski definition) is 5. The van der Waals surface area contributed by atoms with Gasteiger partial charge in [-0.2, -0.15) is 0 Å². The average molecular weight is 394 g/mol. The summed E-state index contributed by atoms with van der Waals surface area (Å²) < 4.78 is 5.85. The minimum atomic E-state index is -0.605. The maximum Gasteiger partial charge on any atom is 0.312 e. The first-order valence-electron chi connectivity index (χ1n) is 8.66. The predicted molar refractivity (Wildman–Crippen MR) is 103 cm³/mol. The zero-order valence-electron chi connectivity index (χ0n) is 14.9. The van der Waals surface area contributed by atoms with Gasteiger partial charge in [0.1, 0.15) is 11.5 Å². The van der Waals surface area contributed by atoms with Crippen molar-refractivity contribution >= 4 is 24.3 Å². The molecule has 1 aromatic heterocycles. The molecule has 9 heteroatoms. The van der Waals surface area contributed by atoms with Gasteiger partial charge in [0.05, 0.1) is 12.6 Å². The molecule has 3 rings (SSSR count). The summed E-state index contributed by atoms with van der Waals surface area (Å²) in [5.41, 5.74) is 12.7. The van der Waals surface area contributed by atoms with Crippen LogP contribution in [0.3, 0.4) is 0 Å². The second-order valence-corrected chi connectivity index (χ2v) is 6.30. The lowest BCUT2D eigenvalue weighted by atomic mass is 10.1. The summed E-state index contributed by atoms with van der Waals surface area (Å²) in [5, 5.41) is 2.49. The smallest absolute Gasteiger partial charge is 0.312 e.